The van der Waals surface area contributed by atoms with Crippen LogP contribution in [0.2, 0.25) is 0 Å². The Morgan fingerprint density at radius 1 is 1.24 bits per heavy atom. The smallest absolute Gasteiger partial charge is 0.224 e. The van der Waals surface area contributed by atoms with Crippen LogP contribution in [0.4, 0.5) is 4.39 Å². The van der Waals surface area contributed by atoms with Gasteiger partial charge in [-0.15, -0.1) is 0 Å². The molecule has 2 heterocycles. The minimum atomic E-state index is -0.314. The molecule has 1 amide bonds. The Morgan fingerprint density at radius 2 is 2.12 bits per heavy atom. The lowest BCUT2D eigenvalue weighted by Crippen LogP contribution is -2.27. The molecular weight excluding hydrogens is 321 g/mol. The average Bonchev–Trinajstić information content (AvgIpc) is 3.20. The van der Waals surface area contributed by atoms with Crippen LogP contribution in [0.25, 0.3) is 21.9 Å². The summed E-state index contributed by atoms with van der Waals surface area (Å²) in [7, 11) is 0. The number of hydrogen-bond donors (Lipinski definition) is 2. The monoisotopic (exact) mass is 337 g/mol. The largest absolute Gasteiger partial charge is 0.459 e. The van der Waals surface area contributed by atoms with E-state index in [0.717, 1.165) is 16.5 Å². The van der Waals surface area contributed by atoms with Crippen molar-refractivity contribution in [3.05, 3.63) is 65.8 Å². The van der Waals surface area contributed by atoms with Crippen molar-refractivity contribution >= 4 is 27.8 Å². The van der Waals surface area contributed by atoms with Crippen molar-refractivity contribution < 1.29 is 13.6 Å². The third-order valence-corrected chi connectivity index (χ3v) is 4.17. The van der Waals surface area contributed by atoms with Crippen molar-refractivity contribution in [3.63, 3.8) is 0 Å². The molecule has 4 rings (SSSR count). The van der Waals surface area contributed by atoms with Crippen molar-refractivity contribution in [2.45, 2.75) is 19.4 Å². The highest BCUT2D eigenvalue weighted by Gasteiger charge is 2.15. The fourth-order valence-corrected chi connectivity index (χ4v) is 2.90. The van der Waals surface area contributed by atoms with Crippen LogP contribution in [0.1, 0.15) is 24.3 Å². The van der Waals surface area contributed by atoms with E-state index in [4.69, 9.17) is 4.42 Å². The summed E-state index contributed by atoms with van der Waals surface area (Å²) in [5.74, 6) is 0.174. The van der Waals surface area contributed by atoms with Gasteiger partial charge >= 0.3 is 0 Å². The number of aromatic nitrogens is 2. The van der Waals surface area contributed by atoms with Gasteiger partial charge in [-0.1, -0.05) is 6.07 Å². The average molecular weight is 337 g/mol. The van der Waals surface area contributed by atoms with Crippen LogP contribution >= 0.6 is 0 Å². The summed E-state index contributed by atoms with van der Waals surface area (Å²) in [4.78, 5) is 12.3. The molecule has 1 unspecified atom stereocenters. The fraction of sp³-hybridized carbons (Fsp3) is 0.158. The molecule has 0 aliphatic heterocycles. The number of carbonyl (C=O) groups is 1. The molecule has 0 aliphatic carbocycles. The predicted molar refractivity (Wildman–Crippen MR) is 92.5 cm³/mol. The molecule has 2 aromatic carbocycles. The zero-order valence-corrected chi connectivity index (χ0v) is 13.5. The van der Waals surface area contributed by atoms with E-state index in [9.17, 15) is 9.18 Å². The second kappa shape index (κ2) is 6.05. The van der Waals surface area contributed by atoms with E-state index >= 15 is 0 Å². The first-order valence-corrected chi connectivity index (χ1v) is 7.99. The lowest BCUT2D eigenvalue weighted by atomic mass is 10.1. The van der Waals surface area contributed by atoms with Gasteiger partial charge in [0.05, 0.1) is 24.2 Å². The fourth-order valence-electron chi connectivity index (χ4n) is 2.90. The molecule has 0 saturated carbocycles. The minimum absolute atomic E-state index is 0.109. The number of benzene rings is 2. The van der Waals surface area contributed by atoms with Crippen LogP contribution < -0.4 is 5.32 Å². The zero-order chi connectivity index (χ0) is 17.4. The van der Waals surface area contributed by atoms with Crippen LogP contribution in [0.5, 0.6) is 0 Å². The number of nitrogens with zero attached hydrogens (tertiary/aromatic N) is 1. The first-order chi connectivity index (χ1) is 12.1. The van der Waals surface area contributed by atoms with E-state index in [-0.39, 0.29) is 24.2 Å². The summed E-state index contributed by atoms with van der Waals surface area (Å²) in [6, 6.07) is 11.5. The summed E-state index contributed by atoms with van der Waals surface area (Å²) >= 11 is 0. The van der Waals surface area contributed by atoms with Crippen LogP contribution in [0, 0.1) is 5.82 Å². The number of fused-ring (bicyclic) bond motifs is 2. The maximum atomic E-state index is 13.3. The van der Waals surface area contributed by atoms with Crippen molar-refractivity contribution in [1.82, 2.24) is 15.5 Å². The SMILES string of the molecule is CC(NC(=O)Cc1ccc2[nH]ncc2c1)c1cc2cc(F)ccc2o1. The van der Waals surface area contributed by atoms with Crippen molar-refractivity contribution in [1.29, 1.82) is 0 Å². The first kappa shape index (κ1) is 15.4. The van der Waals surface area contributed by atoms with E-state index in [0.29, 0.717) is 16.7 Å². The van der Waals surface area contributed by atoms with E-state index < -0.39 is 0 Å². The second-order valence-electron chi connectivity index (χ2n) is 6.09. The van der Waals surface area contributed by atoms with Crippen molar-refractivity contribution in [2.24, 2.45) is 0 Å². The molecule has 25 heavy (non-hydrogen) atoms. The molecule has 6 heteroatoms. The number of rotatable bonds is 4. The molecule has 0 fully saturated rings. The van der Waals surface area contributed by atoms with Gasteiger partial charge in [0.15, 0.2) is 0 Å². The third kappa shape index (κ3) is 3.10. The van der Waals surface area contributed by atoms with Gasteiger partial charge in [-0.05, 0) is 48.9 Å². The summed E-state index contributed by atoms with van der Waals surface area (Å²) < 4.78 is 19.0. The van der Waals surface area contributed by atoms with Gasteiger partial charge in [0.25, 0.3) is 0 Å². The van der Waals surface area contributed by atoms with E-state index in [1.54, 1.807) is 18.3 Å². The maximum absolute atomic E-state index is 13.3. The number of furan rings is 1. The molecule has 126 valence electrons. The minimum Gasteiger partial charge on any atom is -0.459 e. The van der Waals surface area contributed by atoms with Crippen LogP contribution in [0.15, 0.2) is 53.1 Å². The van der Waals surface area contributed by atoms with Crippen molar-refractivity contribution in [3.8, 4) is 0 Å². The van der Waals surface area contributed by atoms with Crippen LogP contribution in [-0.4, -0.2) is 16.1 Å². The number of hydrogen-bond acceptors (Lipinski definition) is 3. The Morgan fingerprint density at radius 3 is 3.00 bits per heavy atom. The zero-order valence-electron chi connectivity index (χ0n) is 13.5. The number of H-pyrrole nitrogens is 1. The second-order valence-corrected chi connectivity index (χ2v) is 6.09. The molecule has 0 spiro atoms. The lowest BCUT2D eigenvalue weighted by molar-refractivity contribution is -0.121. The Hall–Kier alpha value is -3.15. The number of amides is 1. The number of nitrogens with one attached hydrogen (secondary N) is 2. The number of halogens is 1. The first-order valence-electron chi connectivity index (χ1n) is 7.99. The van der Waals surface area contributed by atoms with Gasteiger partial charge in [-0.3, -0.25) is 9.89 Å². The third-order valence-electron chi connectivity index (χ3n) is 4.17. The highest BCUT2D eigenvalue weighted by atomic mass is 19.1. The quantitative estimate of drug-likeness (QED) is 0.594. The highest BCUT2D eigenvalue weighted by Crippen LogP contribution is 2.24. The van der Waals surface area contributed by atoms with Crippen molar-refractivity contribution in [2.75, 3.05) is 0 Å². The predicted octanol–water partition coefficient (Wildman–Crippen LogP) is 3.87. The Labute approximate surface area is 142 Å². The highest BCUT2D eigenvalue weighted by molar-refractivity contribution is 5.83. The molecular formula is C19H16FN3O2. The van der Waals surface area contributed by atoms with Gasteiger partial charge in [-0.2, -0.15) is 5.10 Å². The summed E-state index contributed by atoms with van der Waals surface area (Å²) in [5.41, 5.74) is 2.44. The maximum Gasteiger partial charge on any atom is 0.224 e. The standard InChI is InChI=1S/C19H16FN3O2/c1-11(18-9-13-8-15(20)3-5-17(13)25-18)22-19(24)7-12-2-4-16-14(6-12)10-21-23-16/h2-6,8-11H,7H2,1H3,(H,21,23)(H,22,24). The summed E-state index contributed by atoms with van der Waals surface area (Å²) in [6.07, 6.45) is 1.99. The molecule has 0 radical (unpaired) electrons. The molecule has 5 nitrogen and oxygen atoms in total. The molecule has 0 bridgehead atoms. The summed E-state index contributed by atoms with van der Waals surface area (Å²) in [6.45, 7) is 1.84. The molecule has 0 saturated heterocycles. The van der Waals surface area contributed by atoms with E-state index in [1.165, 1.54) is 12.1 Å². The lowest BCUT2D eigenvalue weighted by Gasteiger charge is -2.11. The van der Waals surface area contributed by atoms with Gasteiger partial charge in [0, 0.05) is 10.8 Å². The van der Waals surface area contributed by atoms with E-state index in [1.807, 2.05) is 25.1 Å². The van der Waals surface area contributed by atoms with Gasteiger partial charge < -0.3 is 9.73 Å². The molecule has 0 aliphatic rings. The Bertz CT molecular complexity index is 1070. The molecule has 1 atom stereocenters. The molecule has 4 aromatic rings. The van der Waals surface area contributed by atoms with Crippen LogP contribution in [-0.2, 0) is 11.2 Å². The molecule has 2 aromatic heterocycles. The van der Waals surface area contributed by atoms with E-state index in [2.05, 4.69) is 15.5 Å². The topological polar surface area (TPSA) is 70.9 Å². The Kier molecular flexibility index (Phi) is 3.72. The Balaban J connectivity index is 1.46. The van der Waals surface area contributed by atoms with Gasteiger partial charge in [0.2, 0.25) is 5.91 Å². The number of carbonyl (C=O) groups excluding carboxylic acids is 1. The van der Waals surface area contributed by atoms with Gasteiger partial charge in [0.1, 0.15) is 17.2 Å². The number of aromatic amines is 1. The molecule has 2 N–H and O–H groups in total. The summed E-state index contributed by atoms with van der Waals surface area (Å²) in [5, 5.41) is 11.4. The van der Waals surface area contributed by atoms with Crippen LogP contribution in [0.3, 0.4) is 0 Å². The van der Waals surface area contributed by atoms with Gasteiger partial charge in [-0.25, -0.2) is 4.39 Å². The normalized spacial score (nSPS) is 12.6.